The molecule has 3 nitrogen and oxygen atoms in total. The van der Waals surface area contributed by atoms with Gasteiger partial charge in [-0.05, 0) is 18.9 Å². The highest BCUT2D eigenvalue weighted by Crippen LogP contribution is 2.13. The summed E-state index contributed by atoms with van der Waals surface area (Å²) in [6.07, 6.45) is 1.94. The topological polar surface area (TPSA) is 29.3 Å². The summed E-state index contributed by atoms with van der Waals surface area (Å²) >= 11 is 0. The fourth-order valence-electron chi connectivity index (χ4n) is 1.11. The molecule has 1 rings (SSSR count). The molecule has 0 N–H and O–H groups in total. The van der Waals surface area contributed by atoms with Crippen molar-refractivity contribution in [1.82, 2.24) is 0 Å². The van der Waals surface area contributed by atoms with E-state index in [9.17, 15) is 4.91 Å². The number of hydrogen-bond acceptors (Lipinski definition) is 2. The first-order chi connectivity index (χ1) is 6.74. The normalized spacial score (nSPS) is 9.86. The van der Waals surface area contributed by atoms with Crippen LogP contribution >= 0.6 is 0 Å². The van der Waals surface area contributed by atoms with Crippen LogP contribution in [0.15, 0.2) is 24.3 Å². The van der Waals surface area contributed by atoms with Crippen LogP contribution in [0.25, 0.3) is 0 Å². The summed E-state index contributed by atoms with van der Waals surface area (Å²) in [5.41, 5.74) is 1.61. The van der Waals surface area contributed by atoms with Crippen LogP contribution in [0.5, 0.6) is 0 Å². The van der Waals surface area contributed by atoms with Crippen molar-refractivity contribution in [3.63, 3.8) is 0 Å². The first-order valence-corrected chi connectivity index (χ1v) is 4.91. The fraction of sp³-hybridized carbons (Fsp3) is 0.455. The van der Waals surface area contributed by atoms with E-state index in [1.54, 1.807) is 12.1 Å². The average Bonchev–Trinajstić information content (AvgIpc) is 2.18. The Bertz CT molecular complexity index is 310. The van der Waals surface area contributed by atoms with Gasteiger partial charge in [-0.15, -0.1) is 0 Å². The lowest BCUT2D eigenvalue weighted by molar-refractivity contribution is -0.745. The largest absolute Gasteiger partial charge is 0.317 e. The van der Waals surface area contributed by atoms with Gasteiger partial charge in [0.15, 0.2) is 6.61 Å². The third-order valence-electron chi connectivity index (χ3n) is 1.92. The van der Waals surface area contributed by atoms with E-state index in [1.165, 1.54) is 0 Å². The molecule has 1 aromatic carbocycles. The Balaban J connectivity index is 2.52. The minimum absolute atomic E-state index is 0.480. The molecule has 0 saturated carbocycles. The molecule has 0 aliphatic carbocycles. The van der Waals surface area contributed by atoms with Gasteiger partial charge >= 0.3 is 5.69 Å². The summed E-state index contributed by atoms with van der Waals surface area (Å²) in [7, 11) is 0. The average molecular weight is 194 g/mol. The quantitative estimate of drug-likeness (QED) is 0.532. The zero-order valence-corrected chi connectivity index (χ0v) is 8.69. The minimum Gasteiger partial charge on any atom is -0.227 e. The van der Waals surface area contributed by atoms with Gasteiger partial charge in [0.25, 0.3) is 4.92 Å². The number of aryl methyl sites for hydroxylation is 1. The molecule has 1 aromatic rings. The minimum atomic E-state index is 0.480. The Hall–Kier alpha value is -1.38. The van der Waals surface area contributed by atoms with Crippen molar-refractivity contribution in [3.05, 3.63) is 34.7 Å². The van der Waals surface area contributed by atoms with Crippen molar-refractivity contribution >= 4 is 5.69 Å². The highest BCUT2D eigenvalue weighted by atomic mass is 16.8. The van der Waals surface area contributed by atoms with E-state index in [0.717, 1.165) is 18.4 Å². The first kappa shape index (κ1) is 10.7. The Morgan fingerprint density at radius 2 is 2.21 bits per heavy atom. The standard InChI is InChI=1S/C11H16NO2/c1-3-4-8-14-12(13)11-7-5-6-10(2)9-11/h5-7,9H,3-4,8H2,1-2H3/q+1. The van der Waals surface area contributed by atoms with Gasteiger partial charge in [-0.2, -0.15) is 0 Å². The Labute approximate surface area is 84.2 Å². The maximum Gasteiger partial charge on any atom is 0.317 e. The van der Waals surface area contributed by atoms with Crippen molar-refractivity contribution in [2.45, 2.75) is 26.7 Å². The van der Waals surface area contributed by atoms with Gasteiger partial charge in [-0.1, -0.05) is 25.5 Å². The first-order valence-electron chi connectivity index (χ1n) is 4.91. The van der Waals surface area contributed by atoms with E-state index in [2.05, 4.69) is 6.92 Å². The lowest BCUT2D eigenvalue weighted by atomic mass is 10.2. The molecule has 0 unspecified atom stereocenters. The third-order valence-corrected chi connectivity index (χ3v) is 1.92. The number of unbranched alkanes of at least 4 members (excludes halogenated alkanes) is 1. The van der Waals surface area contributed by atoms with Crippen LogP contribution in [0.3, 0.4) is 0 Å². The smallest absolute Gasteiger partial charge is 0.227 e. The van der Waals surface area contributed by atoms with Gasteiger partial charge in [-0.3, -0.25) is 0 Å². The van der Waals surface area contributed by atoms with Gasteiger partial charge in [0.05, 0.1) is 4.91 Å². The summed E-state index contributed by atoms with van der Waals surface area (Å²) in [5.74, 6) is 0. The highest BCUT2D eigenvalue weighted by molar-refractivity contribution is 5.32. The molecule has 0 bridgehead atoms. The van der Waals surface area contributed by atoms with Gasteiger partial charge in [0.1, 0.15) is 0 Å². The van der Waals surface area contributed by atoms with Gasteiger partial charge in [0, 0.05) is 12.1 Å². The van der Waals surface area contributed by atoms with Crippen molar-refractivity contribution in [3.8, 4) is 0 Å². The number of nitrogens with zero attached hydrogens (tertiary/aromatic N) is 1. The molecule has 0 atom stereocenters. The monoisotopic (exact) mass is 194 g/mol. The third kappa shape index (κ3) is 3.17. The molecule has 0 radical (unpaired) electrons. The molecule has 0 saturated heterocycles. The predicted molar refractivity (Wildman–Crippen MR) is 55.3 cm³/mol. The van der Waals surface area contributed by atoms with Crippen molar-refractivity contribution in [2.24, 2.45) is 0 Å². The van der Waals surface area contributed by atoms with Crippen LogP contribution in [0.4, 0.5) is 5.69 Å². The van der Waals surface area contributed by atoms with Crippen LogP contribution in [0.1, 0.15) is 25.3 Å². The Kier molecular flexibility index (Phi) is 4.11. The summed E-state index contributed by atoms with van der Waals surface area (Å²) in [5, 5.41) is 0. The second kappa shape index (κ2) is 5.37. The van der Waals surface area contributed by atoms with Gasteiger partial charge in [0.2, 0.25) is 0 Å². The molecular formula is C11H16NO2+. The number of rotatable bonds is 5. The van der Waals surface area contributed by atoms with Gasteiger partial charge in [-0.25, -0.2) is 4.84 Å². The molecule has 0 heterocycles. The summed E-state index contributed by atoms with van der Waals surface area (Å²) in [6.45, 7) is 4.49. The molecule has 14 heavy (non-hydrogen) atoms. The van der Waals surface area contributed by atoms with E-state index in [-0.39, 0.29) is 0 Å². The van der Waals surface area contributed by atoms with Crippen molar-refractivity contribution in [1.29, 1.82) is 0 Å². The molecule has 76 valence electrons. The van der Waals surface area contributed by atoms with Crippen molar-refractivity contribution < 1.29 is 9.76 Å². The van der Waals surface area contributed by atoms with Crippen molar-refractivity contribution in [2.75, 3.05) is 6.61 Å². The predicted octanol–water partition coefficient (Wildman–Crippen LogP) is 3.14. The Morgan fingerprint density at radius 1 is 1.43 bits per heavy atom. The van der Waals surface area contributed by atoms with E-state index >= 15 is 0 Å². The van der Waals surface area contributed by atoms with E-state index in [4.69, 9.17) is 4.84 Å². The summed E-state index contributed by atoms with van der Waals surface area (Å²) in [6, 6.07) is 7.34. The van der Waals surface area contributed by atoms with Crippen LogP contribution in [0.2, 0.25) is 0 Å². The molecule has 0 aromatic heterocycles. The number of hydrogen-bond donors (Lipinski definition) is 0. The number of benzene rings is 1. The molecule has 0 spiro atoms. The zero-order chi connectivity index (χ0) is 10.4. The van der Waals surface area contributed by atoms with Gasteiger partial charge < -0.3 is 0 Å². The molecule has 0 amide bonds. The lowest BCUT2D eigenvalue weighted by Crippen LogP contribution is -2.04. The second-order valence-electron chi connectivity index (χ2n) is 3.28. The molecule has 0 fully saturated rings. The summed E-state index contributed by atoms with van der Waals surface area (Å²) < 4.78 is 0. The van der Waals surface area contributed by atoms with Crippen LogP contribution in [-0.4, -0.2) is 11.5 Å². The molecule has 0 aliphatic heterocycles. The second-order valence-corrected chi connectivity index (χ2v) is 3.28. The van der Waals surface area contributed by atoms with Crippen LogP contribution in [0, 0.1) is 11.8 Å². The van der Waals surface area contributed by atoms with E-state index < -0.39 is 0 Å². The van der Waals surface area contributed by atoms with E-state index in [1.807, 2.05) is 19.1 Å². The highest BCUT2D eigenvalue weighted by Gasteiger charge is 2.14. The van der Waals surface area contributed by atoms with E-state index in [0.29, 0.717) is 17.2 Å². The van der Waals surface area contributed by atoms with Crippen LogP contribution in [-0.2, 0) is 4.84 Å². The molecule has 3 heteroatoms. The van der Waals surface area contributed by atoms with Crippen LogP contribution < -0.4 is 0 Å². The Morgan fingerprint density at radius 3 is 2.86 bits per heavy atom. The maximum atomic E-state index is 11.4. The zero-order valence-electron chi connectivity index (χ0n) is 8.69. The fourth-order valence-corrected chi connectivity index (χ4v) is 1.11. The lowest BCUT2D eigenvalue weighted by Gasteiger charge is -1.94. The maximum absolute atomic E-state index is 11.4. The molecular weight excluding hydrogens is 178 g/mol. The SMILES string of the molecule is CCCCO[N+](=O)c1cccc(C)c1. The molecule has 0 aliphatic rings. The summed E-state index contributed by atoms with van der Waals surface area (Å²) in [4.78, 5) is 17.0.